The second-order valence-corrected chi connectivity index (χ2v) is 6.12. The van der Waals surface area contributed by atoms with Crippen molar-refractivity contribution in [3.63, 3.8) is 0 Å². The molecule has 5 heteroatoms. The van der Waals surface area contributed by atoms with E-state index in [1.807, 2.05) is 12.1 Å². The molecule has 1 heterocycles. The maximum atomic E-state index is 13.3. The number of halogens is 3. The minimum Gasteiger partial charge on any atom is -0.485 e. The molecule has 2 aromatic rings. The second kappa shape index (κ2) is 5.35. The number of hydrogen-bond acceptors (Lipinski definition) is 2. The predicted octanol–water partition coefficient (Wildman–Crippen LogP) is 4.77. The van der Waals surface area contributed by atoms with Crippen LogP contribution in [-0.4, -0.2) is 0 Å². The molecule has 1 aliphatic rings. The molecule has 1 aliphatic heterocycles. The van der Waals surface area contributed by atoms with Crippen molar-refractivity contribution in [3.8, 4) is 5.75 Å². The lowest BCUT2D eigenvalue weighted by atomic mass is 9.93. The summed E-state index contributed by atoms with van der Waals surface area (Å²) >= 11 is 9.64. The summed E-state index contributed by atoms with van der Waals surface area (Å²) < 4.78 is 20.1. The van der Waals surface area contributed by atoms with E-state index in [9.17, 15) is 4.39 Å². The van der Waals surface area contributed by atoms with Gasteiger partial charge in [-0.1, -0.05) is 33.6 Å². The summed E-state index contributed by atoms with van der Waals surface area (Å²) in [5.41, 5.74) is 7.84. The van der Waals surface area contributed by atoms with Gasteiger partial charge in [-0.25, -0.2) is 4.39 Å². The molecule has 0 aromatic heterocycles. The Morgan fingerprint density at radius 3 is 2.80 bits per heavy atom. The Morgan fingerprint density at radius 1 is 1.20 bits per heavy atom. The molecule has 3 rings (SSSR count). The molecule has 0 fully saturated rings. The highest BCUT2D eigenvalue weighted by Crippen LogP contribution is 2.42. The van der Waals surface area contributed by atoms with E-state index in [1.165, 1.54) is 12.1 Å². The zero-order valence-electron chi connectivity index (χ0n) is 10.4. The summed E-state index contributed by atoms with van der Waals surface area (Å²) in [6.07, 6.45) is 0.332. The van der Waals surface area contributed by atoms with E-state index in [2.05, 4.69) is 15.9 Å². The van der Waals surface area contributed by atoms with E-state index in [1.54, 1.807) is 12.1 Å². The van der Waals surface area contributed by atoms with Crippen LogP contribution in [0.25, 0.3) is 0 Å². The van der Waals surface area contributed by atoms with Gasteiger partial charge in [0.15, 0.2) is 0 Å². The molecule has 0 aliphatic carbocycles. The van der Waals surface area contributed by atoms with E-state index in [0.717, 1.165) is 15.6 Å². The van der Waals surface area contributed by atoms with Crippen molar-refractivity contribution in [1.29, 1.82) is 0 Å². The zero-order chi connectivity index (χ0) is 14.3. The zero-order valence-corrected chi connectivity index (χ0v) is 12.8. The Hall–Kier alpha value is -1.10. The van der Waals surface area contributed by atoms with Gasteiger partial charge in [0.1, 0.15) is 17.7 Å². The summed E-state index contributed by atoms with van der Waals surface area (Å²) in [7, 11) is 0. The number of benzene rings is 2. The summed E-state index contributed by atoms with van der Waals surface area (Å²) in [5, 5.41) is 0.616. The number of nitrogens with two attached hydrogens (primary N) is 1. The van der Waals surface area contributed by atoms with Crippen molar-refractivity contribution in [2.24, 2.45) is 5.73 Å². The van der Waals surface area contributed by atoms with Gasteiger partial charge in [0.25, 0.3) is 0 Å². The Bertz CT molecular complexity index is 664. The highest BCUT2D eigenvalue weighted by Gasteiger charge is 2.28. The Morgan fingerprint density at radius 2 is 2.00 bits per heavy atom. The van der Waals surface area contributed by atoms with Crippen molar-refractivity contribution in [2.75, 3.05) is 0 Å². The first-order chi connectivity index (χ1) is 9.54. The molecule has 1 unspecified atom stereocenters. The van der Waals surface area contributed by atoms with E-state index in [4.69, 9.17) is 22.1 Å². The van der Waals surface area contributed by atoms with Gasteiger partial charge in [0.05, 0.1) is 0 Å². The molecule has 0 spiro atoms. The number of rotatable bonds is 1. The van der Waals surface area contributed by atoms with Gasteiger partial charge in [0.2, 0.25) is 0 Å². The highest BCUT2D eigenvalue weighted by atomic mass is 79.9. The summed E-state index contributed by atoms with van der Waals surface area (Å²) in [6, 6.07) is 9.82. The maximum Gasteiger partial charge on any atom is 0.127 e. The molecule has 0 amide bonds. The Kier molecular flexibility index (Phi) is 3.71. The third-order valence-corrected chi connectivity index (χ3v) is 4.25. The largest absolute Gasteiger partial charge is 0.485 e. The van der Waals surface area contributed by atoms with Crippen LogP contribution in [0.5, 0.6) is 5.75 Å². The fourth-order valence-electron chi connectivity index (χ4n) is 2.43. The third-order valence-electron chi connectivity index (χ3n) is 3.42. The minimum absolute atomic E-state index is 0.195. The molecule has 2 nitrogen and oxygen atoms in total. The van der Waals surface area contributed by atoms with Crippen molar-refractivity contribution in [1.82, 2.24) is 0 Å². The average Bonchev–Trinajstić information content (AvgIpc) is 2.41. The normalized spacial score (nSPS) is 21.2. The van der Waals surface area contributed by atoms with Crippen LogP contribution in [-0.2, 0) is 0 Å². The summed E-state index contributed by atoms with van der Waals surface area (Å²) in [6.45, 7) is 0. The molecule has 0 saturated carbocycles. The van der Waals surface area contributed by atoms with Crippen LogP contribution >= 0.6 is 27.5 Å². The first-order valence-electron chi connectivity index (χ1n) is 6.21. The molecular formula is C15H12BrClFNO. The number of hydrogen-bond donors (Lipinski definition) is 1. The van der Waals surface area contributed by atoms with Gasteiger partial charge >= 0.3 is 0 Å². The summed E-state index contributed by atoms with van der Waals surface area (Å²) in [4.78, 5) is 0. The number of fused-ring (bicyclic) bond motifs is 1. The van der Waals surface area contributed by atoms with E-state index < -0.39 is 0 Å². The summed E-state index contributed by atoms with van der Waals surface area (Å²) in [5.74, 6) is 0.154. The molecule has 2 aromatic carbocycles. The first kappa shape index (κ1) is 13.9. The lowest BCUT2D eigenvalue weighted by Gasteiger charge is -2.31. The first-order valence-corrected chi connectivity index (χ1v) is 7.38. The monoisotopic (exact) mass is 355 g/mol. The Balaban J connectivity index is 2.00. The average molecular weight is 357 g/mol. The van der Waals surface area contributed by atoms with Gasteiger partial charge in [-0.2, -0.15) is 0 Å². The maximum absolute atomic E-state index is 13.3. The van der Waals surface area contributed by atoms with Crippen LogP contribution in [0.1, 0.15) is 29.7 Å². The van der Waals surface area contributed by atoms with Crippen molar-refractivity contribution >= 4 is 27.5 Å². The standard InChI is InChI=1S/C15H12BrClFNO/c16-8-1-4-12(17)11(5-8)15-7-13(19)10-3-2-9(18)6-14(10)20-15/h1-6,13,15H,7,19H2/t13-,15?/m0/s1. The Labute approximate surface area is 129 Å². The molecule has 20 heavy (non-hydrogen) atoms. The lowest BCUT2D eigenvalue weighted by Crippen LogP contribution is -2.24. The predicted molar refractivity (Wildman–Crippen MR) is 80.5 cm³/mol. The van der Waals surface area contributed by atoms with Gasteiger partial charge in [-0.3, -0.25) is 0 Å². The molecule has 0 radical (unpaired) electrons. The van der Waals surface area contributed by atoms with E-state index >= 15 is 0 Å². The molecular weight excluding hydrogens is 345 g/mol. The van der Waals surface area contributed by atoms with Gasteiger partial charge < -0.3 is 10.5 Å². The SMILES string of the molecule is N[C@H]1CC(c2cc(Br)ccc2Cl)Oc2cc(F)ccc21. The second-order valence-electron chi connectivity index (χ2n) is 4.80. The number of ether oxygens (including phenoxy) is 1. The van der Waals surface area contributed by atoms with Crippen molar-refractivity contribution in [3.05, 3.63) is 62.8 Å². The van der Waals surface area contributed by atoms with Crippen LogP contribution in [0.3, 0.4) is 0 Å². The fourth-order valence-corrected chi connectivity index (χ4v) is 3.05. The van der Waals surface area contributed by atoms with Crippen LogP contribution in [0.2, 0.25) is 5.02 Å². The smallest absolute Gasteiger partial charge is 0.127 e. The van der Waals surface area contributed by atoms with Crippen LogP contribution in [0, 0.1) is 5.82 Å². The minimum atomic E-state index is -0.336. The molecule has 2 N–H and O–H groups in total. The van der Waals surface area contributed by atoms with Crippen molar-refractivity contribution < 1.29 is 9.13 Å². The fraction of sp³-hybridized carbons (Fsp3) is 0.200. The van der Waals surface area contributed by atoms with Crippen LogP contribution < -0.4 is 10.5 Å². The van der Waals surface area contributed by atoms with Gasteiger partial charge in [-0.15, -0.1) is 0 Å². The lowest BCUT2D eigenvalue weighted by molar-refractivity contribution is 0.161. The molecule has 0 saturated heterocycles. The molecule has 2 atom stereocenters. The highest BCUT2D eigenvalue weighted by molar-refractivity contribution is 9.10. The van der Waals surface area contributed by atoms with E-state index in [0.29, 0.717) is 17.2 Å². The topological polar surface area (TPSA) is 35.2 Å². The van der Waals surface area contributed by atoms with Gasteiger partial charge in [-0.05, 0) is 24.3 Å². The third kappa shape index (κ3) is 2.55. The van der Waals surface area contributed by atoms with Crippen LogP contribution in [0.15, 0.2) is 40.9 Å². The molecule has 0 bridgehead atoms. The van der Waals surface area contributed by atoms with E-state index in [-0.39, 0.29) is 18.0 Å². The van der Waals surface area contributed by atoms with Crippen molar-refractivity contribution in [2.45, 2.75) is 18.6 Å². The quantitative estimate of drug-likeness (QED) is 0.799. The molecule has 104 valence electrons. The van der Waals surface area contributed by atoms with Crippen LogP contribution in [0.4, 0.5) is 4.39 Å². The van der Waals surface area contributed by atoms with Gasteiger partial charge in [0, 0.05) is 39.2 Å².